The van der Waals surface area contributed by atoms with E-state index in [0.717, 1.165) is 11.8 Å². The molecule has 0 aromatic heterocycles. The van der Waals surface area contributed by atoms with Crippen molar-refractivity contribution >= 4 is 21.4 Å². The summed E-state index contributed by atoms with van der Waals surface area (Å²) in [6.07, 6.45) is 0.983. The Morgan fingerprint density at radius 2 is 1.80 bits per heavy atom. The lowest BCUT2D eigenvalue weighted by molar-refractivity contribution is 0.604. The molecular weight excluding hydrogens is 279 g/mol. The van der Waals surface area contributed by atoms with Gasteiger partial charge in [-0.3, -0.25) is 4.72 Å². The molecule has 0 saturated heterocycles. The molecule has 0 radical (unpaired) electrons. The number of halogens is 1. The molecule has 0 aliphatic heterocycles. The van der Waals surface area contributed by atoms with E-state index in [0.29, 0.717) is 12.2 Å². The lowest BCUT2D eigenvalue weighted by atomic mass is 10.2. The normalized spacial score (nSPS) is 11.1. The molecule has 0 aliphatic carbocycles. The van der Waals surface area contributed by atoms with Gasteiger partial charge < -0.3 is 5.32 Å². The van der Waals surface area contributed by atoms with Crippen LogP contribution in [0.25, 0.3) is 0 Å². The van der Waals surface area contributed by atoms with Crippen LogP contribution in [0.3, 0.4) is 0 Å². The van der Waals surface area contributed by atoms with E-state index in [9.17, 15) is 12.8 Å². The first-order chi connectivity index (χ1) is 9.44. The summed E-state index contributed by atoms with van der Waals surface area (Å²) in [6.45, 7) is 0.574. The molecule has 0 unspecified atom stereocenters. The van der Waals surface area contributed by atoms with Gasteiger partial charge in [0.05, 0.1) is 11.9 Å². The van der Waals surface area contributed by atoms with Crippen LogP contribution in [-0.2, 0) is 16.6 Å². The Bertz CT molecular complexity index is 688. The molecule has 4 nitrogen and oxygen atoms in total. The van der Waals surface area contributed by atoms with Crippen LogP contribution >= 0.6 is 0 Å². The molecule has 0 amide bonds. The molecule has 0 aliphatic rings. The average Bonchev–Trinajstić information content (AvgIpc) is 2.39. The lowest BCUT2D eigenvalue weighted by Gasteiger charge is -2.10. The summed E-state index contributed by atoms with van der Waals surface area (Å²) in [5.74, 6) is -0.610. The van der Waals surface area contributed by atoms with E-state index in [1.807, 2.05) is 30.3 Å². The maximum absolute atomic E-state index is 13.5. The maximum atomic E-state index is 13.5. The molecule has 2 aromatic rings. The van der Waals surface area contributed by atoms with Crippen LogP contribution in [0.4, 0.5) is 15.8 Å². The molecule has 20 heavy (non-hydrogen) atoms. The van der Waals surface area contributed by atoms with Crippen molar-refractivity contribution in [3.63, 3.8) is 0 Å². The van der Waals surface area contributed by atoms with Gasteiger partial charge in [-0.15, -0.1) is 0 Å². The Morgan fingerprint density at radius 3 is 2.45 bits per heavy atom. The molecule has 0 bridgehead atoms. The Balaban J connectivity index is 2.11. The largest absolute Gasteiger partial charge is 0.381 e. The third-order valence-corrected chi connectivity index (χ3v) is 3.19. The molecule has 0 saturated carbocycles. The van der Waals surface area contributed by atoms with E-state index in [-0.39, 0.29) is 5.69 Å². The fraction of sp³-hybridized carbons (Fsp3) is 0.143. The highest BCUT2D eigenvalue weighted by molar-refractivity contribution is 7.92. The monoisotopic (exact) mass is 294 g/mol. The Kier molecular flexibility index (Phi) is 4.24. The predicted molar refractivity (Wildman–Crippen MR) is 78.6 cm³/mol. The third-order valence-electron chi connectivity index (χ3n) is 2.60. The van der Waals surface area contributed by atoms with Crippen molar-refractivity contribution in [3.05, 3.63) is 59.9 Å². The second-order valence-corrected chi connectivity index (χ2v) is 6.16. The number of hydrogen-bond donors (Lipinski definition) is 2. The minimum absolute atomic E-state index is 0.0643. The number of hydrogen-bond acceptors (Lipinski definition) is 3. The molecule has 2 rings (SSSR count). The lowest BCUT2D eigenvalue weighted by Crippen LogP contribution is -2.11. The molecular formula is C14H15FN2O2S. The summed E-state index contributed by atoms with van der Waals surface area (Å²) in [7, 11) is -3.50. The van der Waals surface area contributed by atoms with Crippen LogP contribution < -0.4 is 10.0 Å². The van der Waals surface area contributed by atoms with E-state index in [1.54, 1.807) is 6.07 Å². The van der Waals surface area contributed by atoms with Crippen LogP contribution in [-0.4, -0.2) is 14.7 Å². The van der Waals surface area contributed by atoms with Gasteiger partial charge >= 0.3 is 0 Å². The van der Waals surface area contributed by atoms with Crippen LogP contribution in [0.15, 0.2) is 48.5 Å². The van der Waals surface area contributed by atoms with Crippen LogP contribution in [0.1, 0.15) is 5.56 Å². The van der Waals surface area contributed by atoms with E-state index in [1.165, 1.54) is 12.1 Å². The van der Waals surface area contributed by atoms with Gasteiger partial charge in [0.25, 0.3) is 0 Å². The smallest absolute Gasteiger partial charge is 0.229 e. The van der Waals surface area contributed by atoms with Crippen LogP contribution in [0.5, 0.6) is 0 Å². The number of anilines is 2. The number of benzene rings is 2. The van der Waals surface area contributed by atoms with Gasteiger partial charge in [-0.2, -0.15) is 0 Å². The topological polar surface area (TPSA) is 58.2 Å². The van der Waals surface area contributed by atoms with Crippen molar-refractivity contribution in [1.29, 1.82) is 0 Å². The zero-order valence-corrected chi connectivity index (χ0v) is 11.7. The fourth-order valence-electron chi connectivity index (χ4n) is 1.71. The minimum Gasteiger partial charge on any atom is -0.381 e. The Hall–Kier alpha value is -2.08. The van der Waals surface area contributed by atoms with Crippen molar-refractivity contribution in [3.8, 4) is 0 Å². The molecule has 0 atom stereocenters. The first-order valence-corrected chi connectivity index (χ1v) is 7.88. The second-order valence-electron chi connectivity index (χ2n) is 4.41. The summed E-state index contributed by atoms with van der Waals surface area (Å²) >= 11 is 0. The van der Waals surface area contributed by atoms with Crippen LogP contribution in [0.2, 0.25) is 0 Å². The van der Waals surface area contributed by atoms with E-state index in [2.05, 4.69) is 10.0 Å². The summed E-state index contributed by atoms with van der Waals surface area (Å²) in [4.78, 5) is 0. The quantitative estimate of drug-likeness (QED) is 0.891. The van der Waals surface area contributed by atoms with Crippen molar-refractivity contribution in [1.82, 2.24) is 0 Å². The van der Waals surface area contributed by atoms with Crippen molar-refractivity contribution < 1.29 is 12.8 Å². The minimum atomic E-state index is -3.50. The van der Waals surface area contributed by atoms with Crippen molar-refractivity contribution in [2.45, 2.75) is 6.54 Å². The standard InChI is InChI=1S/C14H15FN2O2S/c1-20(18,19)17-14-9-12(7-8-13(14)15)16-10-11-5-3-2-4-6-11/h2-9,16-17H,10H2,1H3. The highest BCUT2D eigenvalue weighted by atomic mass is 32.2. The SMILES string of the molecule is CS(=O)(=O)Nc1cc(NCc2ccccc2)ccc1F. The molecule has 6 heteroatoms. The predicted octanol–water partition coefficient (Wildman–Crippen LogP) is 2.81. The first kappa shape index (κ1) is 14.3. The fourth-order valence-corrected chi connectivity index (χ4v) is 2.27. The first-order valence-electron chi connectivity index (χ1n) is 5.99. The second kappa shape index (κ2) is 5.92. The highest BCUT2D eigenvalue weighted by Crippen LogP contribution is 2.21. The maximum Gasteiger partial charge on any atom is 0.229 e. The van der Waals surface area contributed by atoms with Crippen molar-refractivity contribution in [2.24, 2.45) is 0 Å². The van der Waals surface area contributed by atoms with Crippen molar-refractivity contribution in [2.75, 3.05) is 16.3 Å². The molecule has 2 aromatic carbocycles. The highest BCUT2D eigenvalue weighted by Gasteiger charge is 2.08. The Labute approximate surface area is 117 Å². The molecule has 0 fully saturated rings. The summed E-state index contributed by atoms with van der Waals surface area (Å²) < 4.78 is 37.9. The Morgan fingerprint density at radius 1 is 1.10 bits per heavy atom. The summed E-state index contributed by atoms with van der Waals surface area (Å²) in [6, 6.07) is 13.9. The molecule has 2 N–H and O–H groups in total. The molecule has 0 heterocycles. The van der Waals surface area contributed by atoms with Gasteiger partial charge in [-0.05, 0) is 23.8 Å². The van der Waals surface area contributed by atoms with Crippen LogP contribution in [0, 0.1) is 5.82 Å². The third kappa shape index (κ3) is 4.24. The average molecular weight is 294 g/mol. The van der Waals surface area contributed by atoms with E-state index < -0.39 is 15.8 Å². The van der Waals surface area contributed by atoms with Gasteiger partial charge in [-0.25, -0.2) is 12.8 Å². The van der Waals surface area contributed by atoms with Gasteiger partial charge in [0.1, 0.15) is 5.82 Å². The summed E-state index contributed by atoms with van der Waals surface area (Å²) in [5.41, 5.74) is 1.65. The zero-order chi connectivity index (χ0) is 14.6. The van der Waals surface area contributed by atoms with Gasteiger partial charge in [0.15, 0.2) is 0 Å². The number of rotatable bonds is 5. The van der Waals surface area contributed by atoms with E-state index >= 15 is 0 Å². The number of sulfonamides is 1. The van der Waals surface area contributed by atoms with Gasteiger partial charge in [-0.1, -0.05) is 30.3 Å². The molecule has 106 valence electrons. The number of nitrogens with one attached hydrogen (secondary N) is 2. The molecule has 0 spiro atoms. The van der Waals surface area contributed by atoms with Gasteiger partial charge in [0, 0.05) is 12.2 Å². The van der Waals surface area contributed by atoms with E-state index in [4.69, 9.17) is 0 Å². The summed E-state index contributed by atoms with van der Waals surface area (Å²) in [5, 5.41) is 3.11. The zero-order valence-electron chi connectivity index (χ0n) is 10.9. The van der Waals surface area contributed by atoms with Gasteiger partial charge in [0.2, 0.25) is 10.0 Å².